The zero-order valence-corrected chi connectivity index (χ0v) is 13.0. The van der Waals surface area contributed by atoms with E-state index >= 15 is 0 Å². The van der Waals surface area contributed by atoms with E-state index in [0.29, 0.717) is 6.04 Å². The zero-order valence-electron chi connectivity index (χ0n) is 13.0. The van der Waals surface area contributed by atoms with Crippen LogP contribution in [0, 0.1) is 6.92 Å². The zero-order chi connectivity index (χ0) is 15.8. The van der Waals surface area contributed by atoms with Gasteiger partial charge in [0.1, 0.15) is 24.0 Å². The Morgan fingerprint density at radius 1 is 1.17 bits per heavy atom. The van der Waals surface area contributed by atoms with Crippen molar-refractivity contribution in [2.75, 3.05) is 13.1 Å². The van der Waals surface area contributed by atoms with Crippen LogP contribution in [-0.4, -0.2) is 38.7 Å². The van der Waals surface area contributed by atoms with Crippen molar-refractivity contribution in [2.45, 2.75) is 25.8 Å². The van der Waals surface area contributed by atoms with E-state index in [9.17, 15) is 4.79 Å². The van der Waals surface area contributed by atoms with E-state index in [0.717, 1.165) is 48.2 Å². The predicted octanol–water partition coefficient (Wildman–Crippen LogP) is 2.81. The topological polar surface area (TPSA) is 64.2 Å². The van der Waals surface area contributed by atoms with E-state index in [1.165, 1.54) is 0 Å². The van der Waals surface area contributed by atoms with Gasteiger partial charge in [0.05, 0.1) is 0 Å². The number of rotatable bonds is 2. The Bertz CT molecular complexity index is 830. The standard InChI is InChI=1S/C17H18N4O2/c1-12-8-14-9-13(2-3-16(14)23-12)17(22)20-6-4-15(5-7-20)21-10-18-19-11-21/h2-3,8-11,15H,4-7H2,1H3. The number of fused-ring (bicyclic) bond motifs is 1. The minimum absolute atomic E-state index is 0.0907. The number of carbonyl (C=O) groups excluding carboxylic acids is 1. The number of nitrogens with zero attached hydrogens (tertiary/aromatic N) is 4. The van der Waals surface area contributed by atoms with E-state index in [1.54, 1.807) is 12.7 Å². The summed E-state index contributed by atoms with van der Waals surface area (Å²) in [5.74, 6) is 0.951. The summed E-state index contributed by atoms with van der Waals surface area (Å²) in [4.78, 5) is 14.6. The molecule has 0 N–H and O–H groups in total. The highest BCUT2D eigenvalue weighted by atomic mass is 16.3. The van der Waals surface area contributed by atoms with Gasteiger partial charge >= 0.3 is 0 Å². The molecule has 0 saturated carbocycles. The van der Waals surface area contributed by atoms with Crippen molar-refractivity contribution >= 4 is 16.9 Å². The van der Waals surface area contributed by atoms with Crippen molar-refractivity contribution in [3.8, 4) is 0 Å². The maximum Gasteiger partial charge on any atom is 0.253 e. The van der Waals surface area contributed by atoms with Crippen LogP contribution in [-0.2, 0) is 0 Å². The van der Waals surface area contributed by atoms with Gasteiger partial charge in [-0.05, 0) is 44.0 Å². The number of furan rings is 1. The van der Waals surface area contributed by atoms with Crippen molar-refractivity contribution in [1.29, 1.82) is 0 Å². The number of piperidine rings is 1. The first-order chi connectivity index (χ1) is 11.2. The molecule has 1 saturated heterocycles. The summed E-state index contributed by atoms with van der Waals surface area (Å²) in [5, 5.41) is 8.69. The van der Waals surface area contributed by atoms with Gasteiger partial charge in [-0.2, -0.15) is 0 Å². The van der Waals surface area contributed by atoms with Crippen LogP contribution in [0.15, 0.2) is 41.3 Å². The van der Waals surface area contributed by atoms with Gasteiger partial charge in [-0.25, -0.2) is 0 Å². The van der Waals surface area contributed by atoms with Crippen LogP contribution in [0.3, 0.4) is 0 Å². The fraction of sp³-hybridized carbons (Fsp3) is 0.353. The molecule has 3 aromatic rings. The minimum Gasteiger partial charge on any atom is -0.461 e. The first-order valence-corrected chi connectivity index (χ1v) is 7.84. The Morgan fingerprint density at radius 2 is 1.91 bits per heavy atom. The molecule has 1 aliphatic rings. The SMILES string of the molecule is Cc1cc2cc(C(=O)N3CCC(n4cnnc4)CC3)ccc2o1. The lowest BCUT2D eigenvalue weighted by atomic mass is 10.0. The molecule has 3 heterocycles. The lowest BCUT2D eigenvalue weighted by Crippen LogP contribution is -2.38. The first kappa shape index (κ1) is 14.0. The Hall–Kier alpha value is -2.63. The number of aromatic nitrogens is 3. The molecule has 23 heavy (non-hydrogen) atoms. The molecule has 0 spiro atoms. The molecule has 0 unspecified atom stereocenters. The number of amides is 1. The van der Waals surface area contributed by atoms with Crippen LogP contribution in [0.5, 0.6) is 0 Å². The van der Waals surface area contributed by atoms with Gasteiger partial charge in [0, 0.05) is 30.1 Å². The first-order valence-electron chi connectivity index (χ1n) is 7.84. The van der Waals surface area contributed by atoms with E-state index < -0.39 is 0 Å². The van der Waals surface area contributed by atoms with Crippen LogP contribution in [0.2, 0.25) is 0 Å². The highest BCUT2D eigenvalue weighted by Gasteiger charge is 2.24. The maximum atomic E-state index is 12.7. The smallest absolute Gasteiger partial charge is 0.253 e. The number of hydrogen-bond acceptors (Lipinski definition) is 4. The molecule has 6 heteroatoms. The molecule has 1 amide bonds. The fourth-order valence-electron chi connectivity index (χ4n) is 3.26. The van der Waals surface area contributed by atoms with Crippen LogP contribution in [0.25, 0.3) is 11.0 Å². The molecule has 0 aliphatic carbocycles. The quantitative estimate of drug-likeness (QED) is 0.730. The van der Waals surface area contributed by atoms with Crippen molar-refractivity contribution in [1.82, 2.24) is 19.7 Å². The van der Waals surface area contributed by atoms with Crippen LogP contribution in [0.1, 0.15) is 35.0 Å². The molecule has 0 atom stereocenters. The Balaban J connectivity index is 1.48. The molecule has 1 fully saturated rings. The molecule has 118 valence electrons. The van der Waals surface area contributed by atoms with E-state index in [-0.39, 0.29) is 5.91 Å². The van der Waals surface area contributed by atoms with E-state index in [4.69, 9.17) is 4.42 Å². The molecular formula is C17H18N4O2. The molecular weight excluding hydrogens is 292 g/mol. The lowest BCUT2D eigenvalue weighted by Gasteiger charge is -2.32. The Kier molecular flexibility index (Phi) is 3.37. The van der Waals surface area contributed by atoms with Gasteiger partial charge in [0.15, 0.2) is 0 Å². The Labute approximate surface area is 133 Å². The monoisotopic (exact) mass is 310 g/mol. The van der Waals surface area contributed by atoms with Crippen LogP contribution in [0.4, 0.5) is 0 Å². The van der Waals surface area contributed by atoms with Crippen LogP contribution < -0.4 is 0 Å². The lowest BCUT2D eigenvalue weighted by molar-refractivity contribution is 0.0694. The summed E-state index contributed by atoms with van der Waals surface area (Å²) in [6.07, 6.45) is 5.35. The number of benzene rings is 1. The third kappa shape index (κ3) is 2.60. The summed E-state index contributed by atoms with van der Waals surface area (Å²) in [6, 6.07) is 7.98. The van der Waals surface area contributed by atoms with Crippen LogP contribution >= 0.6 is 0 Å². The normalized spacial score (nSPS) is 16.1. The van der Waals surface area contributed by atoms with Crippen molar-refractivity contribution in [2.24, 2.45) is 0 Å². The van der Waals surface area contributed by atoms with E-state index in [1.807, 2.05) is 40.7 Å². The number of carbonyl (C=O) groups is 1. The minimum atomic E-state index is 0.0907. The number of hydrogen-bond donors (Lipinski definition) is 0. The molecule has 4 rings (SSSR count). The average molecular weight is 310 g/mol. The summed E-state index contributed by atoms with van der Waals surface area (Å²) in [6.45, 7) is 3.42. The molecule has 2 aromatic heterocycles. The van der Waals surface area contributed by atoms with Crippen molar-refractivity contribution < 1.29 is 9.21 Å². The number of aryl methyl sites for hydroxylation is 1. The van der Waals surface area contributed by atoms with Gasteiger partial charge in [-0.15, -0.1) is 10.2 Å². The highest BCUT2D eigenvalue weighted by molar-refractivity contribution is 5.97. The third-order valence-corrected chi connectivity index (χ3v) is 4.50. The fourth-order valence-corrected chi connectivity index (χ4v) is 3.26. The molecule has 6 nitrogen and oxygen atoms in total. The van der Waals surface area contributed by atoms with Gasteiger partial charge in [-0.1, -0.05) is 0 Å². The largest absolute Gasteiger partial charge is 0.461 e. The molecule has 0 radical (unpaired) electrons. The van der Waals surface area contributed by atoms with Gasteiger partial charge < -0.3 is 13.9 Å². The van der Waals surface area contributed by atoms with E-state index in [2.05, 4.69) is 10.2 Å². The second-order valence-corrected chi connectivity index (χ2v) is 6.04. The summed E-state index contributed by atoms with van der Waals surface area (Å²) >= 11 is 0. The second-order valence-electron chi connectivity index (χ2n) is 6.04. The highest BCUT2D eigenvalue weighted by Crippen LogP contribution is 2.25. The summed E-state index contributed by atoms with van der Waals surface area (Å²) in [7, 11) is 0. The van der Waals surface area contributed by atoms with Gasteiger partial charge in [0.25, 0.3) is 5.91 Å². The third-order valence-electron chi connectivity index (χ3n) is 4.50. The molecule has 1 aromatic carbocycles. The second kappa shape index (κ2) is 5.53. The maximum absolute atomic E-state index is 12.7. The summed E-state index contributed by atoms with van der Waals surface area (Å²) in [5.41, 5.74) is 1.55. The number of likely N-dealkylation sites (tertiary alicyclic amines) is 1. The van der Waals surface area contributed by atoms with Gasteiger partial charge in [-0.3, -0.25) is 4.79 Å². The summed E-state index contributed by atoms with van der Waals surface area (Å²) < 4.78 is 7.59. The van der Waals surface area contributed by atoms with Gasteiger partial charge in [0.2, 0.25) is 0 Å². The van der Waals surface area contributed by atoms with Crippen molar-refractivity contribution in [3.63, 3.8) is 0 Å². The Morgan fingerprint density at radius 3 is 2.65 bits per heavy atom. The molecule has 0 bridgehead atoms. The van der Waals surface area contributed by atoms with Crippen molar-refractivity contribution in [3.05, 3.63) is 48.2 Å². The predicted molar refractivity (Wildman–Crippen MR) is 85.1 cm³/mol. The molecule has 1 aliphatic heterocycles. The average Bonchev–Trinajstić information content (AvgIpc) is 3.22.